The van der Waals surface area contributed by atoms with Crippen LogP contribution in [-0.2, 0) is 6.42 Å². The summed E-state index contributed by atoms with van der Waals surface area (Å²) in [5.74, 6) is 0. The number of aromatic nitrogens is 1. The molecule has 0 fully saturated rings. The largest absolute Gasteiger partial charge is 0.443 e. The molecule has 0 atom stereocenters. The maximum atomic E-state index is 5.44. The number of oxazole rings is 1. The molecule has 4 rings (SSSR count). The molecule has 0 unspecified atom stereocenters. The quantitative estimate of drug-likeness (QED) is 0.274. The number of fused-ring (bicyclic) bond motifs is 1. The molecule has 1 aromatic heterocycles. The molecular formula is C26H23NO. The summed E-state index contributed by atoms with van der Waals surface area (Å²) in [4.78, 5) is 4.35. The second-order valence-corrected chi connectivity index (χ2v) is 6.80. The van der Waals surface area contributed by atoms with Crippen LogP contribution in [-0.4, -0.2) is 4.98 Å². The highest BCUT2D eigenvalue weighted by Crippen LogP contribution is 2.35. The van der Waals surface area contributed by atoms with E-state index in [1.165, 1.54) is 34.2 Å². The maximum absolute atomic E-state index is 5.44. The Balaban J connectivity index is 1.94. The molecule has 3 aromatic carbocycles. The lowest BCUT2D eigenvalue weighted by Crippen LogP contribution is -1.95. The van der Waals surface area contributed by atoms with Gasteiger partial charge in [-0.2, -0.15) is 0 Å². The molecule has 2 heteroatoms. The Kier molecular flexibility index (Phi) is 5.20. The molecule has 0 spiro atoms. The van der Waals surface area contributed by atoms with Crippen molar-refractivity contribution in [3.05, 3.63) is 114 Å². The van der Waals surface area contributed by atoms with E-state index in [0.29, 0.717) is 0 Å². The van der Waals surface area contributed by atoms with Gasteiger partial charge in [0.05, 0.1) is 0 Å². The predicted octanol–water partition coefficient (Wildman–Crippen LogP) is 6.93. The first-order valence-electron chi connectivity index (χ1n) is 9.62. The van der Waals surface area contributed by atoms with E-state index in [4.69, 9.17) is 4.42 Å². The molecule has 0 amide bonds. The molecule has 0 aliphatic heterocycles. The number of hydrogen-bond acceptors (Lipinski definition) is 2. The molecule has 4 aromatic rings. The van der Waals surface area contributed by atoms with E-state index in [9.17, 15) is 0 Å². The van der Waals surface area contributed by atoms with Crippen LogP contribution in [0.1, 0.15) is 35.6 Å². The monoisotopic (exact) mass is 365 g/mol. The van der Waals surface area contributed by atoms with Gasteiger partial charge in [0.1, 0.15) is 5.52 Å². The van der Waals surface area contributed by atoms with Gasteiger partial charge >= 0.3 is 0 Å². The second-order valence-electron chi connectivity index (χ2n) is 6.80. The van der Waals surface area contributed by atoms with Gasteiger partial charge in [-0.1, -0.05) is 73.7 Å². The van der Waals surface area contributed by atoms with Crippen molar-refractivity contribution in [1.82, 2.24) is 4.98 Å². The van der Waals surface area contributed by atoms with Gasteiger partial charge in [-0.05, 0) is 58.4 Å². The van der Waals surface area contributed by atoms with Crippen LogP contribution in [0, 0.1) is 0 Å². The third kappa shape index (κ3) is 3.54. The number of nitrogens with zero attached hydrogens (tertiary/aromatic N) is 1. The molecule has 0 N–H and O–H groups in total. The fourth-order valence-electron chi connectivity index (χ4n) is 3.67. The minimum absolute atomic E-state index is 0.808. The summed E-state index contributed by atoms with van der Waals surface area (Å²) in [6, 6.07) is 25.6. The zero-order chi connectivity index (χ0) is 19.3. The van der Waals surface area contributed by atoms with Crippen molar-refractivity contribution in [1.29, 1.82) is 0 Å². The van der Waals surface area contributed by atoms with E-state index in [2.05, 4.69) is 85.2 Å². The van der Waals surface area contributed by atoms with Crippen LogP contribution in [0.4, 0.5) is 0 Å². The summed E-state index contributed by atoms with van der Waals surface area (Å²) >= 11 is 0. The average Bonchev–Trinajstić information content (AvgIpc) is 3.21. The minimum Gasteiger partial charge on any atom is -0.443 e. The molecule has 138 valence electrons. The van der Waals surface area contributed by atoms with Crippen molar-refractivity contribution in [3.8, 4) is 0 Å². The third-order valence-corrected chi connectivity index (χ3v) is 5.02. The lowest BCUT2D eigenvalue weighted by Gasteiger charge is -2.16. The van der Waals surface area contributed by atoms with Gasteiger partial charge in [0.15, 0.2) is 12.0 Å². The van der Waals surface area contributed by atoms with E-state index in [1.807, 2.05) is 12.1 Å². The lowest BCUT2D eigenvalue weighted by atomic mass is 9.87. The van der Waals surface area contributed by atoms with Crippen molar-refractivity contribution >= 4 is 22.2 Å². The number of rotatable bonds is 6. The molecule has 0 aliphatic carbocycles. The van der Waals surface area contributed by atoms with Crippen LogP contribution in [0.2, 0.25) is 0 Å². The van der Waals surface area contributed by atoms with E-state index in [-0.39, 0.29) is 0 Å². The standard InChI is InChI=1S/C26H23NO/c1-3-8-19-11-13-21(14-12-19)26(23(4-2)20-9-6-5-7-10-20)22-15-16-25-24(17-22)27-18-28-25/h3,5-7,9-18H,1,4,8H2,2H3/b26-23+. The zero-order valence-electron chi connectivity index (χ0n) is 16.1. The van der Waals surface area contributed by atoms with Gasteiger partial charge in [-0.3, -0.25) is 0 Å². The first-order valence-corrected chi connectivity index (χ1v) is 9.62. The van der Waals surface area contributed by atoms with Crippen molar-refractivity contribution in [3.63, 3.8) is 0 Å². The Bertz CT molecular complexity index is 1120. The number of hydrogen-bond donors (Lipinski definition) is 0. The third-order valence-electron chi connectivity index (χ3n) is 5.02. The van der Waals surface area contributed by atoms with Crippen LogP contribution in [0.25, 0.3) is 22.2 Å². The topological polar surface area (TPSA) is 26.0 Å². The van der Waals surface area contributed by atoms with Gasteiger partial charge in [-0.15, -0.1) is 6.58 Å². The minimum atomic E-state index is 0.808. The van der Waals surface area contributed by atoms with E-state index >= 15 is 0 Å². The van der Waals surface area contributed by atoms with Gasteiger partial charge in [0, 0.05) is 0 Å². The molecule has 0 radical (unpaired) electrons. The van der Waals surface area contributed by atoms with Gasteiger partial charge in [0.2, 0.25) is 0 Å². The Labute approximate surface area is 165 Å². The lowest BCUT2D eigenvalue weighted by molar-refractivity contribution is 0.602. The summed E-state index contributed by atoms with van der Waals surface area (Å²) in [6.07, 6.45) is 5.25. The molecule has 2 nitrogen and oxygen atoms in total. The zero-order valence-corrected chi connectivity index (χ0v) is 16.1. The highest BCUT2D eigenvalue weighted by Gasteiger charge is 2.14. The van der Waals surface area contributed by atoms with Crippen LogP contribution < -0.4 is 0 Å². The Morgan fingerprint density at radius 1 is 0.929 bits per heavy atom. The van der Waals surface area contributed by atoms with Gasteiger partial charge in [-0.25, -0.2) is 4.98 Å². The summed E-state index contributed by atoms with van der Waals surface area (Å²) < 4.78 is 5.44. The highest BCUT2D eigenvalue weighted by atomic mass is 16.3. The van der Waals surface area contributed by atoms with Gasteiger partial charge < -0.3 is 4.42 Å². The molecule has 0 saturated heterocycles. The van der Waals surface area contributed by atoms with E-state index < -0.39 is 0 Å². The summed E-state index contributed by atoms with van der Waals surface area (Å²) in [6.45, 7) is 6.05. The predicted molar refractivity (Wildman–Crippen MR) is 117 cm³/mol. The first-order chi connectivity index (χ1) is 13.8. The molecule has 0 aliphatic rings. The van der Waals surface area contributed by atoms with Crippen LogP contribution >= 0.6 is 0 Å². The summed E-state index contributed by atoms with van der Waals surface area (Å²) in [5, 5.41) is 0. The molecule has 0 bridgehead atoms. The summed E-state index contributed by atoms with van der Waals surface area (Å²) in [7, 11) is 0. The molecule has 28 heavy (non-hydrogen) atoms. The molecular weight excluding hydrogens is 342 g/mol. The number of benzene rings is 3. The van der Waals surface area contributed by atoms with E-state index in [0.717, 1.165) is 29.5 Å². The van der Waals surface area contributed by atoms with Crippen LogP contribution in [0.15, 0.2) is 96.3 Å². The Morgan fingerprint density at radius 3 is 2.39 bits per heavy atom. The Hall–Kier alpha value is -3.39. The van der Waals surface area contributed by atoms with Crippen LogP contribution in [0.3, 0.4) is 0 Å². The average molecular weight is 365 g/mol. The van der Waals surface area contributed by atoms with Gasteiger partial charge in [0.25, 0.3) is 0 Å². The highest BCUT2D eigenvalue weighted by molar-refractivity contribution is 5.99. The van der Waals surface area contributed by atoms with Crippen molar-refractivity contribution < 1.29 is 4.42 Å². The maximum Gasteiger partial charge on any atom is 0.181 e. The normalized spacial score (nSPS) is 12.0. The molecule has 1 heterocycles. The number of allylic oxidation sites excluding steroid dienone is 2. The Morgan fingerprint density at radius 2 is 1.68 bits per heavy atom. The fraction of sp³-hybridized carbons (Fsp3) is 0.115. The van der Waals surface area contributed by atoms with Crippen LogP contribution in [0.5, 0.6) is 0 Å². The van der Waals surface area contributed by atoms with Crippen molar-refractivity contribution in [2.75, 3.05) is 0 Å². The summed E-state index contributed by atoms with van der Waals surface area (Å²) in [5.41, 5.74) is 9.11. The first kappa shape index (κ1) is 18.0. The SMILES string of the molecule is C=CCc1ccc(/C(=C(/CC)c2ccccc2)c2ccc3ocnc3c2)cc1. The second kappa shape index (κ2) is 8.10. The molecule has 0 saturated carbocycles. The van der Waals surface area contributed by atoms with Crippen molar-refractivity contribution in [2.45, 2.75) is 19.8 Å². The van der Waals surface area contributed by atoms with Crippen molar-refractivity contribution in [2.24, 2.45) is 0 Å². The fourth-order valence-corrected chi connectivity index (χ4v) is 3.67. The smallest absolute Gasteiger partial charge is 0.181 e. The van der Waals surface area contributed by atoms with E-state index in [1.54, 1.807) is 0 Å².